The Balaban J connectivity index is 0.00000261. The van der Waals surface area contributed by atoms with E-state index in [2.05, 4.69) is 33.7 Å². The molecule has 0 spiro atoms. The van der Waals surface area contributed by atoms with E-state index in [-0.39, 0.29) is 18.3 Å². The standard InChI is InChI=1S/C22H29N3O.ClH/c1-23-14-11-18-12-15-25(16-13-18)17-22(26)24-21-10-6-5-9-20(21)19-7-3-2-4-8-19;/h2-10,18,23H,11-17H2,1H3,(H,24,26);1H. The Kier molecular flexibility index (Phi) is 8.79. The summed E-state index contributed by atoms with van der Waals surface area (Å²) in [7, 11) is 2.01. The van der Waals surface area contributed by atoms with Crippen molar-refractivity contribution in [3.05, 3.63) is 54.6 Å². The van der Waals surface area contributed by atoms with Crippen LogP contribution in [-0.4, -0.2) is 44.0 Å². The van der Waals surface area contributed by atoms with Crippen LogP contribution < -0.4 is 10.6 Å². The van der Waals surface area contributed by atoms with E-state index < -0.39 is 0 Å². The minimum absolute atomic E-state index is 0. The summed E-state index contributed by atoms with van der Waals surface area (Å²) in [5, 5.41) is 6.34. The number of hydrogen-bond acceptors (Lipinski definition) is 3. The van der Waals surface area contributed by atoms with E-state index >= 15 is 0 Å². The predicted octanol–water partition coefficient (Wildman–Crippen LogP) is 4.04. The van der Waals surface area contributed by atoms with Crippen molar-refractivity contribution >= 4 is 24.0 Å². The average Bonchev–Trinajstić information content (AvgIpc) is 2.68. The van der Waals surface area contributed by atoms with E-state index in [4.69, 9.17) is 0 Å². The van der Waals surface area contributed by atoms with Gasteiger partial charge in [-0.2, -0.15) is 0 Å². The van der Waals surface area contributed by atoms with Crippen LogP contribution in [0.2, 0.25) is 0 Å². The predicted molar refractivity (Wildman–Crippen MR) is 115 cm³/mol. The van der Waals surface area contributed by atoms with Crippen LogP contribution in [0.25, 0.3) is 11.1 Å². The summed E-state index contributed by atoms with van der Waals surface area (Å²) >= 11 is 0. The lowest BCUT2D eigenvalue weighted by Gasteiger charge is -2.31. The molecule has 1 heterocycles. The third-order valence-electron chi connectivity index (χ3n) is 5.16. The number of amides is 1. The fourth-order valence-electron chi connectivity index (χ4n) is 3.64. The van der Waals surface area contributed by atoms with Crippen molar-refractivity contribution in [2.45, 2.75) is 19.3 Å². The SMILES string of the molecule is CNCCC1CCN(CC(=O)Nc2ccccc2-c2ccccc2)CC1.Cl. The number of nitrogens with one attached hydrogen (secondary N) is 2. The van der Waals surface area contributed by atoms with Crippen LogP contribution in [0, 0.1) is 5.92 Å². The van der Waals surface area contributed by atoms with Crippen LogP contribution in [0.3, 0.4) is 0 Å². The third-order valence-corrected chi connectivity index (χ3v) is 5.16. The van der Waals surface area contributed by atoms with E-state index in [1.54, 1.807) is 0 Å². The maximum Gasteiger partial charge on any atom is 0.238 e. The molecule has 3 rings (SSSR count). The van der Waals surface area contributed by atoms with E-state index in [1.807, 2.05) is 43.4 Å². The first-order valence-corrected chi connectivity index (χ1v) is 9.57. The van der Waals surface area contributed by atoms with Crippen molar-refractivity contribution in [3.63, 3.8) is 0 Å². The molecule has 0 bridgehead atoms. The van der Waals surface area contributed by atoms with Crippen LogP contribution >= 0.6 is 12.4 Å². The molecule has 5 heteroatoms. The molecular weight excluding hydrogens is 358 g/mol. The zero-order valence-corrected chi connectivity index (χ0v) is 16.8. The highest BCUT2D eigenvalue weighted by Gasteiger charge is 2.20. The van der Waals surface area contributed by atoms with Gasteiger partial charge in [0.05, 0.1) is 6.54 Å². The Bertz CT molecular complexity index is 700. The molecule has 1 amide bonds. The van der Waals surface area contributed by atoms with E-state index in [1.165, 1.54) is 19.3 Å². The molecule has 0 radical (unpaired) electrons. The second-order valence-electron chi connectivity index (χ2n) is 7.07. The summed E-state index contributed by atoms with van der Waals surface area (Å²) < 4.78 is 0. The number of halogens is 1. The number of nitrogens with zero attached hydrogens (tertiary/aromatic N) is 1. The number of likely N-dealkylation sites (tertiary alicyclic amines) is 1. The molecule has 0 atom stereocenters. The summed E-state index contributed by atoms with van der Waals surface area (Å²) in [5.41, 5.74) is 3.06. The summed E-state index contributed by atoms with van der Waals surface area (Å²) in [6.07, 6.45) is 3.62. The molecular formula is C22H30ClN3O. The molecule has 2 aromatic carbocycles. The van der Waals surface area contributed by atoms with Crippen LogP contribution in [0.4, 0.5) is 5.69 Å². The number of carbonyl (C=O) groups excluding carboxylic acids is 1. The first-order valence-electron chi connectivity index (χ1n) is 9.57. The van der Waals surface area contributed by atoms with Crippen LogP contribution in [0.5, 0.6) is 0 Å². The van der Waals surface area contributed by atoms with Gasteiger partial charge in [-0.05, 0) is 63.5 Å². The molecule has 2 aromatic rings. The zero-order chi connectivity index (χ0) is 18.2. The van der Waals surface area contributed by atoms with Gasteiger partial charge in [0, 0.05) is 11.3 Å². The quantitative estimate of drug-likeness (QED) is 0.753. The highest BCUT2D eigenvalue weighted by Crippen LogP contribution is 2.27. The molecule has 27 heavy (non-hydrogen) atoms. The lowest BCUT2D eigenvalue weighted by molar-refractivity contribution is -0.117. The minimum Gasteiger partial charge on any atom is -0.324 e. The van der Waals surface area contributed by atoms with E-state index in [0.29, 0.717) is 6.54 Å². The first kappa shape index (κ1) is 21.4. The van der Waals surface area contributed by atoms with Crippen LogP contribution in [0.1, 0.15) is 19.3 Å². The second-order valence-corrected chi connectivity index (χ2v) is 7.07. The fourth-order valence-corrected chi connectivity index (χ4v) is 3.64. The molecule has 0 aliphatic carbocycles. The number of piperidine rings is 1. The molecule has 0 aromatic heterocycles. The van der Waals surface area contributed by atoms with Gasteiger partial charge in [0.1, 0.15) is 0 Å². The van der Waals surface area contributed by atoms with Crippen molar-refractivity contribution in [1.82, 2.24) is 10.2 Å². The lowest BCUT2D eigenvalue weighted by atomic mass is 9.93. The summed E-state index contributed by atoms with van der Waals surface area (Å²) in [6.45, 7) is 3.59. The maximum absolute atomic E-state index is 12.6. The zero-order valence-electron chi connectivity index (χ0n) is 16.0. The van der Waals surface area contributed by atoms with Crippen molar-refractivity contribution in [3.8, 4) is 11.1 Å². The van der Waals surface area contributed by atoms with Crippen molar-refractivity contribution in [1.29, 1.82) is 0 Å². The Labute approximate surface area is 168 Å². The smallest absolute Gasteiger partial charge is 0.238 e. The number of rotatable bonds is 7. The molecule has 4 nitrogen and oxygen atoms in total. The van der Waals surface area contributed by atoms with Gasteiger partial charge in [-0.1, -0.05) is 48.5 Å². The number of hydrogen-bond donors (Lipinski definition) is 2. The van der Waals surface area contributed by atoms with Crippen molar-refractivity contribution in [2.24, 2.45) is 5.92 Å². The fraction of sp³-hybridized carbons (Fsp3) is 0.409. The molecule has 0 unspecified atom stereocenters. The highest BCUT2D eigenvalue weighted by molar-refractivity contribution is 5.96. The largest absolute Gasteiger partial charge is 0.324 e. The van der Waals surface area contributed by atoms with Gasteiger partial charge < -0.3 is 10.6 Å². The molecule has 2 N–H and O–H groups in total. The second kappa shape index (κ2) is 11.1. The normalized spacial score (nSPS) is 15.1. The lowest BCUT2D eigenvalue weighted by Crippen LogP contribution is -2.39. The Morgan fingerprint density at radius 2 is 1.70 bits per heavy atom. The molecule has 0 saturated carbocycles. The van der Waals surface area contributed by atoms with Gasteiger partial charge in [0.15, 0.2) is 0 Å². The molecule has 1 fully saturated rings. The Morgan fingerprint density at radius 1 is 1.04 bits per heavy atom. The number of benzene rings is 2. The molecule has 1 saturated heterocycles. The van der Waals surface area contributed by atoms with Gasteiger partial charge in [0.25, 0.3) is 0 Å². The Morgan fingerprint density at radius 3 is 2.41 bits per heavy atom. The van der Waals surface area contributed by atoms with Crippen molar-refractivity contribution < 1.29 is 4.79 Å². The minimum atomic E-state index is 0. The summed E-state index contributed by atoms with van der Waals surface area (Å²) in [6, 6.07) is 18.2. The molecule has 1 aliphatic heterocycles. The van der Waals surface area contributed by atoms with Gasteiger partial charge in [0.2, 0.25) is 5.91 Å². The van der Waals surface area contributed by atoms with E-state index in [0.717, 1.165) is 42.4 Å². The number of carbonyl (C=O) groups is 1. The molecule has 146 valence electrons. The number of para-hydroxylation sites is 1. The van der Waals surface area contributed by atoms with Gasteiger partial charge in [-0.25, -0.2) is 0 Å². The third kappa shape index (κ3) is 6.35. The first-order chi connectivity index (χ1) is 12.8. The van der Waals surface area contributed by atoms with Crippen LogP contribution in [-0.2, 0) is 4.79 Å². The van der Waals surface area contributed by atoms with Gasteiger partial charge in [-0.15, -0.1) is 12.4 Å². The maximum atomic E-state index is 12.6. The summed E-state index contributed by atoms with van der Waals surface area (Å²) in [5.74, 6) is 0.864. The molecule has 1 aliphatic rings. The topological polar surface area (TPSA) is 44.4 Å². The summed E-state index contributed by atoms with van der Waals surface area (Å²) in [4.78, 5) is 14.8. The van der Waals surface area contributed by atoms with Gasteiger partial charge in [-0.3, -0.25) is 9.69 Å². The average molecular weight is 388 g/mol. The van der Waals surface area contributed by atoms with Crippen molar-refractivity contribution in [2.75, 3.05) is 38.5 Å². The van der Waals surface area contributed by atoms with Crippen LogP contribution in [0.15, 0.2) is 54.6 Å². The van der Waals surface area contributed by atoms with E-state index in [9.17, 15) is 4.79 Å². The monoisotopic (exact) mass is 387 g/mol. The van der Waals surface area contributed by atoms with Gasteiger partial charge >= 0.3 is 0 Å². The number of anilines is 1. The highest BCUT2D eigenvalue weighted by atomic mass is 35.5. The Hall–Kier alpha value is -1.88.